The Morgan fingerprint density at radius 1 is 1.12 bits per heavy atom. The summed E-state index contributed by atoms with van der Waals surface area (Å²) in [6, 6.07) is 6.58. The molecule has 24 heavy (non-hydrogen) atoms. The van der Waals surface area contributed by atoms with E-state index < -0.39 is 11.2 Å². The highest BCUT2D eigenvalue weighted by atomic mass is 16.2. The number of nitrogens with zero attached hydrogens (tertiary/aromatic N) is 1. The summed E-state index contributed by atoms with van der Waals surface area (Å²) >= 11 is 0. The first kappa shape index (κ1) is 17.5. The minimum Gasteiger partial charge on any atom is -0.354 e. The Morgan fingerprint density at radius 3 is 2.50 bits per heavy atom. The number of aromatic amines is 1. The zero-order chi connectivity index (χ0) is 17.7. The van der Waals surface area contributed by atoms with Gasteiger partial charge in [0.05, 0.1) is 10.9 Å². The van der Waals surface area contributed by atoms with Gasteiger partial charge in [0.15, 0.2) is 0 Å². The molecule has 2 rings (SSSR count). The lowest BCUT2D eigenvalue weighted by atomic mass is 10.2. The van der Waals surface area contributed by atoms with Gasteiger partial charge in [0.1, 0.15) is 6.54 Å². The van der Waals surface area contributed by atoms with Gasteiger partial charge in [-0.2, -0.15) is 0 Å². The number of hydrogen-bond acceptors (Lipinski definition) is 4. The van der Waals surface area contributed by atoms with Crippen LogP contribution in [0.2, 0.25) is 0 Å². The molecule has 0 unspecified atom stereocenters. The molecule has 0 atom stereocenters. The van der Waals surface area contributed by atoms with Crippen molar-refractivity contribution in [1.29, 1.82) is 0 Å². The van der Waals surface area contributed by atoms with Crippen molar-refractivity contribution in [3.63, 3.8) is 0 Å². The van der Waals surface area contributed by atoms with E-state index in [0.29, 0.717) is 17.4 Å². The highest BCUT2D eigenvalue weighted by Crippen LogP contribution is 2.06. The number of amides is 2. The molecule has 0 saturated heterocycles. The molecule has 8 heteroatoms. The van der Waals surface area contributed by atoms with Gasteiger partial charge in [-0.25, -0.2) is 4.79 Å². The summed E-state index contributed by atoms with van der Waals surface area (Å²) in [7, 11) is 0. The average molecular weight is 332 g/mol. The number of H-pyrrole nitrogens is 1. The van der Waals surface area contributed by atoms with Crippen LogP contribution in [0.15, 0.2) is 33.9 Å². The molecule has 0 saturated carbocycles. The van der Waals surface area contributed by atoms with E-state index in [1.165, 1.54) is 4.57 Å². The van der Waals surface area contributed by atoms with Crippen molar-refractivity contribution in [2.24, 2.45) is 5.92 Å². The molecule has 0 aliphatic heterocycles. The molecule has 1 aromatic heterocycles. The first-order valence-electron chi connectivity index (χ1n) is 7.66. The topological polar surface area (TPSA) is 113 Å². The van der Waals surface area contributed by atoms with Crippen LogP contribution in [-0.4, -0.2) is 34.5 Å². The van der Waals surface area contributed by atoms with Gasteiger partial charge in [-0.05, 0) is 12.1 Å². The second-order valence-electron chi connectivity index (χ2n) is 5.66. The van der Waals surface area contributed by atoms with Crippen molar-refractivity contribution in [3.8, 4) is 0 Å². The predicted molar refractivity (Wildman–Crippen MR) is 89.7 cm³/mol. The Bertz CT molecular complexity index is 866. The van der Waals surface area contributed by atoms with E-state index in [9.17, 15) is 19.2 Å². The van der Waals surface area contributed by atoms with Gasteiger partial charge in [-0.3, -0.25) is 23.9 Å². The van der Waals surface area contributed by atoms with E-state index in [1.807, 2.05) is 0 Å². The van der Waals surface area contributed by atoms with Crippen LogP contribution < -0.4 is 21.9 Å². The number of aromatic nitrogens is 2. The van der Waals surface area contributed by atoms with E-state index in [1.54, 1.807) is 38.1 Å². The lowest BCUT2D eigenvalue weighted by molar-refractivity contribution is -0.124. The third-order valence-corrected chi connectivity index (χ3v) is 3.48. The number of carbonyl (C=O) groups is 2. The first-order valence-corrected chi connectivity index (χ1v) is 7.66. The Morgan fingerprint density at radius 2 is 1.79 bits per heavy atom. The van der Waals surface area contributed by atoms with E-state index in [4.69, 9.17) is 0 Å². The second kappa shape index (κ2) is 7.58. The summed E-state index contributed by atoms with van der Waals surface area (Å²) in [5.74, 6) is -0.591. The number of carbonyl (C=O) groups excluding carboxylic acids is 2. The molecular weight excluding hydrogens is 312 g/mol. The largest absolute Gasteiger partial charge is 0.354 e. The fourth-order valence-electron chi connectivity index (χ4n) is 2.19. The van der Waals surface area contributed by atoms with Gasteiger partial charge in [-0.1, -0.05) is 26.0 Å². The predicted octanol–water partition coefficient (Wildman–Crippen LogP) is -0.422. The molecule has 0 aliphatic rings. The van der Waals surface area contributed by atoms with Crippen molar-refractivity contribution in [2.75, 3.05) is 13.1 Å². The smallest absolute Gasteiger partial charge is 0.329 e. The molecule has 3 N–H and O–H groups in total. The molecule has 0 spiro atoms. The van der Waals surface area contributed by atoms with Gasteiger partial charge < -0.3 is 10.6 Å². The SMILES string of the molecule is CC(C)C(=O)NCCNC(=O)Cn1c(=O)[nH]c(=O)c2ccccc21. The quantitative estimate of drug-likeness (QED) is 0.623. The van der Waals surface area contributed by atoms with Gasteiger partial charge in [0.2, 0.25) is 11.8 Å². The maximum absolute atomic E-state index is 12.0. The standard InChI is InChI=1S/C16H20N4O4/c1-10(2)14(22)18-8-7-17-13(21)9-20-12-6-4-3-5-11(12)15(23)19-16(20)24/h3-6,10H,7-9H2,1-2H3,(H,17,21)(H,18,22)(H,19,23,24). The molecule has 2 amide bonds. The molecule has 128 valence electrons. The molecule has 8 nitrogen and oxygen atoms in total. The lowest BCUT2D eigenvalue weighted by Gasteiger charge is -2.11. The molecule has 2 aromatic rings. The third kappa shape index (κ3) is 4.09. The lowest BCUT2D eigenvalue weighted by Crippen LogP contribution is -2.40. The van der Waals surface area contributed by atoms with Crippen LogP contribution in [0, 0.1) is 5.92 Å². The van der Waals surface area contributed by atoms with Gasteiger partial charge >= 0.3 is 5.69 Å². The molecule has 1 heterocycles. The van der Waals surface area contributed by atoms with E-state index in [0.717, 1.165) is 0 Å². The summed E-state index contributed by atoms with van der Waals surface area (Å²) in [6.45, 7) is 3.91. The first-order chi connectivity index (χ1) is 11.4. The number of para-hydroxylation sites is 1. The van der Waals surface area contributed by atoms with Gasteiger partial charge in [-0.15, -0.1) is 0 Å². The van der Waals surface area contributed by atoms with Crippen molar-refractivity contribution < 1.29 is 9.59 Å². The van der Waals surface area contributed by atoms with Gasteiger partial charge in [0, 0.05) is 19.0 Å². The van der Waals surface area contributed by atoms with Crippen LogP contribution in [0.3, 0.4) is 0 Å². The van der Waals surface area contributed by atoms with Crippen molar-refractivity contribution >= 4 is 22.7 Å². The zero-order valence-corrected chi connectivity index (χ0v) is 13.6. The number of rotatable bonds is 6. The number of hydrogen-bond donors (Lipinski definition) is 3. The monoisotopic (exact) mass is 332 g/mol. The third-order valence-electron chi connectivity index (χ3n) is 3.48. The molecule has 0 radical (unpaired) electrons. The van der Waals surface area contributed by atoms with Crippen LogP contribution in [0.25, 0.3) is 10.9 Å². The highest BCUT2D eigenvalue weighted by molar-refractivity contribution is 5.81. The van der Waals surface area contributed by atoms with E-state index in [-0.39, 0.29) is 30.8 Å². The van der Waals surface area contributed by atoms with Crippen molar-refractivity contribution in [1.82, 2.24) is 20.2 Å². The fourth-order valence-corrected chi connectivity index (χ4v) is 2.19. The minimum absolute atomic E-state index is 0.0907. The Labute approximate surface area is 137 Å². The van der Waals surface area contributed by atoms with E-state index in [2.05, 4.69) is 15.6 Å². The summed E-state index contributed by atoms with van der Waals surface area (Å²) in [5, 5.41) is 5.65. The minimum atomic E-state index is -0.637. The Hall–Kier alpha value is -2.90. The van der Waals surface area contributed by atoms with Gasteiger partial charge in [0.25, 0.3) is 5.56 Å². The maximum atomic E-state index is 12.0. The van der Waals surface area contributed by atoms with Crippen LogP contribution in [0.5, 0.6) is 0 Å². The molecule has 1 aromatic carbocycles. The fraction of sp³-hybridized carbons (Fsp3) is 0.375. The Balaban J connectivity index is 2.02. The summed E-state index contributed by atoms with van der Waals surface area (Å²) < 4.78 is 1.21. The summed E-state index contributed by atoms with van der Waals surface area (Å²) in [5.41, 5.74) is -0.722. The summed E-state index contributed by atoms with van der Waals surface area (Å²) in [4.78, 5) is 49.3. The number of benzene rings is 1. The molecule has 0 bridgehead atoms. The van der Waals surface area contributed by atoms with Crippen LogP contribution in [0.1, 0.15) is 13.8 Å². The van der Waals surface area contributed by atoms with Crippen LogP contribution in [-0.2, 0) is 16.1 Å². The molecular formula is C16H20N4O4. The molecule has 0 aliphatic carbocycles. The second-order valence-corrected chi connectivity index (χ2v) is 5.66. The highest BCUT2D eigenvalue weighted by Gasteiger charge is 2.10. The normalized spacial score (nSPS) is 10.8. The number of fused-ring (bicyclic) bond motifs is 1. The Kier molecular flexibility index (Phi) is 5.51. The summed E-state index contributed by atoms with van der Waals surface area (Å²) in [6.07, 6.45) is 0. The maximum Gasteiger partial charge on any atom is 0.329 e. The van der Waals surface area contributed by atoms with Crippen molar-refractivity contribution in [2.45, 2.75) is 20.4 Å². The van der Waals surface area contributed by atoms with Crippen LogP contribution >= 0.6 is 0 Å². The average Bonchev–Trinajstić information content (AvgIpc) is 2.55. The molecule has 0 fully saturated rings. The zero-order valence-electron chi connectivity index (χ0n) is 13.6. The van der Waals surface area contributed by atoms with E-state index >= 15 is 0 Å². The van der Waals surface area contributed by atoms with Crippen LogP contribution in [0.4, 0.5) is 0 Å². The van der Waals surface area contributed by atoms with Crippen molar-refractivity contribution in [3.05, 3.63) is 45.1 Å². The number of nitrogens with one attached hydrogen (secondary N) is 3.